The normalized spacial score (nSPS) is 18.7. The topological polar surface area (TPSA) is 67.8 Å². The van der Waals surface area contributed by atoms with E-state index in [-0.39, 0.29) is 48.7 Å². The first-order valence-corrected chi connectivity index (χ1v) is 12.8. The summed E-state index contributed by atoms with van der Waals surface area (Å²) >= 11 is 0. The van der Waals surface area contributed by atoms with Crippen molar-refractivity contribution in [1.82, 2.24) is 0 Å². The van der Waals surface area contributed by atoms with Gasteiger partial charge in [0.1, 0.15) is 30.3 Å². The first kappa shape index (κ1) is 28.2. The van der Waals surface area contributed by atoms with Crippen molar-refractivity contribution in [2.75, 3.05) is 0 Å². The molecule has 0 N–H and O–H groups in total. The fourth-order valence-corrected chi connectivity index (χ4v) is 4.86. The number of hydrogen-bond acceptors (Lipinski definition) is 5. The number of carbonyl (C=O) groups is 1. The molecule has 1 heterocycles. The van der Waals surface area contributed by atoms with E-state index in [0.717, 1.165) is 47.5 Å². The van der Waals surface area contributed by atoms with Crippen LogP contribution >= 0.6 is 0 Å². The molecule has 0 aromatic heterocycles. The van der Waals surface area contributed by atoms with E-state index in [1.54, 1.807) is 0 Å². The van der Waals surface area contributed by atoms with Gasteiger partial charge in [-0.25, -0.2) is 0 Å². The number of fused-ring (bicyclic) bond motifs is 1. The second-order valence-electron chi connectivity index (χ2n) is 9.66. The van der Waals surface area contributed by atoms with Gasteiger partial charge in [0.15, 0.2) is 0 Å². The summed E-state index contributed by atoms with van der Waals surface area (Å²) in [6, 6.07) is 27.9. The fraction of sp³-hybridized carbons (Fsp3) is 0.281. The van der Waals surface area contributed by atoms with Gasteiger partial charge in [0.25, 0.3) is 0 Å². The molecule has 0 bridgehead atoms. The summed E-state index contributed by atoms with van der Waals surface area (Å²) in [6.07, 6.45) is 6.11. The number of carbonyl (C=O) groups excluding carboxylic acids is 1. The van der Waals surface area contributed by atoms with E-state index < -0.39 is 12.1 Å². The number of ether oxygens (including phenoxy) is 3. The standard InChI is InChI=1S/C32H32O5.Na/c33-32(34)31(36-22-25-9-5-2-6-10-25)19-26-11-14-27-20-29(37-30(27)18-26)17-23-12-15-28(16-13-23)35-21-24-7-3-1-4-8-24;/h1-13,15-16,18,27,29,31H,14,17,19-22H2,(H,33,34);/q;+1/p-1. The van der Waals surface area contributed by atoms with Gasteiger partial charge >= 0.3 is 29.6 Å². The molecule has 0 spiro atoms. The fourth-order valence-electron chi connectivity index (χ4n) is 4.86. The van der Waals surface area contributed by atoms with E-state index in [1.165, 1.54) is 5.56 Å². The molecule has 0 radical (unpaired) electrons. The van der Waals surface area contributed by atoms with Crippen molar-refractivity contribution in [2.24, 2.45) is 5.92 Å². The molecule has 3 aromatic carbocycles. The third-order valence-electron chi connectivity index (χ3n) is 6.86. The molecule has 1 aliphatic heterocycles. The molecule has 190 valence electrons. The third-order valence-corrected chi connectivity index (χ3v) is 6.86. The first-order chi connectivity index (χ1) is 18.1. The van der Waals surface area contributed by atoms with Crippen LogP contribution in [0.3, 0.4) is 0 Å². The summed E-state index contributed by atoms with van der Waals surface area (Å²) in [4.78, 5) is 11.7. The van der Waals surface area contributed by atoms with Crippen molar-refractivity contribution in [3.63, 3.8) is 0 Å². The van der Waals surface area contributed by atoms with Crippen LogP contribution in [0, 0.1) is 5.92 Å². The number of aliphatic carboxylic acids is 1. The van der Waals surface area contributed by atoms with Gasteiger partial charge < -0.3 is 24.1 Å². The van der Waals surface area contributed by atoms with Crippen LogP contribution in [0.2, 0.25) is 0 Å². The zero-order valence-electron chi connectivity index (χ0n) is 21.8. The van der Waals surface area contributed by atoms with Crippen LogP contribution in [0.5, 0.6) is 5.75 Å². The van der Waals surface area contributed by atoms with Gasteiger partial charge in [0, 0.05) is 18.8 Å². The summed E-state index contributed by atoms with van der Waals surface area (Å²) in [5.41, 5.74) is 4.20. The van der Waals surface area contributed by atoms with Gasteiger partial charge in [-0.05, 0) is 53.3 Å². The molecule has 3 aromatic rings. The molecule has 5 rings (SSSR count). The Morgan fingerprint density at radius 3 is 2.21 bits per heavy atom. The van der Waals surface area contributed by atoms with E-state index in [2.05, 4.69) is 30.3 Å². The van der Waals surface area contributed by atoms with Gasteiger partial charge in [-0.1, -0.05) is 78.9 Å². The van der Waals surface area contributed by atoms with Crippen LogP contribution < -0.4 is 39.4 Å². The quantitative estimate of drug-likeness (QED) is 0.364. The minimum absolute atomic E-state index is 0. The Balaban J connectivity index is 0.00000336. The Kier molecular flexibility index (Phi) is 10.2. The van der Waals surface area contributed by atoms with E-state index in [0.29, 0.717) is 12.5 Å². The minimum Gasteiger partial charge on any atom is -0.547 e. The van der Waals surface area contributed by atoms with Crippen LogP contribution in [0.1, 0.15) is 36.0 Å². The maximum atomic E-state index is 11.7. The maximum absolute atomic E-state index is 11.7. The number of allylic oxidation sites excluding steroid dienone is 3. The van der Waals surface area contributed by atoms with Crippen LogP contribution in [0.4, 0.5) is 0 Å². The molecule has 3 atom stereocenters. The monoisotopic (exact) mass is 518 g/mol. The van der Waals surface area contributed by atoms with Gasteiger partial charge in [-0.3, -0.25) is 0 Å². The van der Waals surface area contributed by atoms with Crippen molar-refractivity contribution in [3.05, 3.63) is 125 Å². The van der Waals surface area contributed by atoms with Crippen molar-refractivity contribution in [3.8, 4) is 5.75 Å². The Bertz CT molecular complexity index is 1240. The molecule has 38 heavy (non-hydrogen) atoms. The zero-order chi connectivity index (χ0) is 25.5. The third kappa shape index (κ3) is 7.84. The van der Waals surface area contributed by atoms with Crippen LogP contribution in [-0.4, -0.2) is 18.2 Å². The molecular weight excluding hydrogens is 487 g/mol. The van der Waals surface area contributed by atoms with Crippen LogP contribution in [-0.2, 0) is 33.9 Å². The molecule has 0 saturated carbocycles. The Hall–Kier alpha value is -2.83. The summed E-state index contributed by atoms with van der Waals surface area (Å²) in [5.74, 6) is 0.945. The molecule has 1 aliphatic carbocycles. The SMILES string of the molecule is O=C([O-])C(CC1=CCC2CC(Cc3ccc(OCc4ccccc4)cc3)OC2=C1)OCc1ccccc1.[Na+]. The largest absolute Gasteiger partial charge is 1.00 e. The van der Waals surface area contributed by atoms with Crippen molar-refractivity contribution in [1.29, 1.82) is 0 Å². The number of hydrogen-bond donors (Lipinski definition) is 0. The van der Waals surface area contributed by atoms with Crippen molar-refractivity contribution < 1.29 is 53.7 Å². The predicted molar refractivity (Wildman–Crippen MR) is 139 cm³/mol. The minimum atomic E-state index is -1.20. The van der Waals surface area contributed by atoms with E-state index in [9.17, 15) is 9.90 Å². The molecule has 6 heteroatoms. The number of rotatable bonds is 11. The number of benzene rings is 3. The second kappa shape index (κ2) is 13.8. The maximum Gasteiger partial charge on any atom is 1.00 e. The molecule has 1 saturated heterocycles. The molecule has 1 fully saturated rings. The molecule has 0 amide bonds. The summed E-state index contributed by atoms with van der Waals surface area (Å²) in [7, 11) is 0. The van der Waals surface area contributed by atoms with Crippen LogP contribution in [0.25, 0.3) is 0 Å². The smallest absolute Gasteiger partial charge is 0.547 e. The molecule has 5 nitrogen and oxygen atoms in total. The second-order valence-corrected chi connectivity index (χ2v) is 9.66. The average Bonchev–Trinajstić information content (AvgIpc) is 3.33. The van der Waals surface area contributed by atoms with Gasteiger partial charge in [-0.15, -0.1) is 0 Å². The Morgan fingerprint density at radius 2 is 1.55 bits per heavy atom. The summed E-state index contributed by atoms with van der Waals surface area (Å²) < 4.78 is 17.9. The zero-order valence-corrected chi connectivity index (χ0v) is 23.8. The summed E-state index contributed by atoms with van der Waals surface area (Å²) in [6.45, 7) is 0.786. The van der Waals surface area contributed by atoms with Crippen LogP contribution in [0.15, 0.2) is 108 Å². The van der Waals surface area contributed by atoms with E-state index >= 15 is 0 Å². The molecular formula is C32H31NaO5. The van der Waals surface area contributed by atoms with Crippen molar-refractivity contribution >= 4 is 5.97 Å². The van der Waals surface area contributed by atoms with Gasteiger partial charge in [0.05, 0.1) is 12.6 Å². The molecule has 2 aliphatic rings. The number of carboxylic acids is 1. The van der Waals surface area contributed by atoms with Gasteiger partial charge in [0.2, 0.25) is 0 Å². The molecule has 3 unspecified atom stereocenters. The number of carboxylic acid groups (broad SMARTS) is 1. The summed E-state index contributed by atoms with van der Waals surface area (Å²) in [5, 5.41) is 11.7. The van der Waals surface area contributed by atoms with Crippen molar-refractivity contribution in [2.45, 2.75) is 51.1 Å². The Morgan fingerprint density at radius 1 is 0.895 bits per heavy atom. The average molecular weight is 519 g/mol. The van der Waals surface area contributed by atoms with Gasteiger partial charge in [-0.2, -0.15) is 0 Å². The first-order valence-electron chi connectivity index (χ1n) is 12.8. The predicted octanol–water partition coefficient (Wildman–Crippen LogP) is 2.16. The van der Waals surface area contributed by atoms with E-state index in [4.69, 9.17) is 14.2 Å². The Labute approximate surface area is 246 Å². The van der Waals surface area contributed by atoms with E-state index in [1.807, 2.05) is 66.7 Å².